The van der Waals surface area contributed by atoms with Crippen molar-refractivity contribution in [2.75, 3.05) is 19.7 Å². The molecule has 1 amide bonds. The largest absolute Gasteiger partial charge is 0.390 e. The minimum Gasteiger partial charge on any atom is -0.390 e. The Morgan fingerprint density at radius 2 is 1.85 bits per heavy atom. The van der Waals surface area contributed by atoms with Gasteiger partial charge in [-0.05, 0) is 111 Å². The molecule has 2 saturated heterocycles. The van der Waals surface area contributed by atoms with Crippen LogP contribution in [0.4, 0.5) is 0 Å². The summed E-state index contributed by atoms with van der Waals surface area (Å²) < 4.78 is 19.6. The predicted octanol–water partition coefficient (Wildman–Crippen LogP) is 4.54. The van der Waals surface area contributed by atoms with E-state index in [9.17, 15) is 20.1 Å². The molecule has 8 rings (SSSR count). The van der Waals surface area contributed by atoms with E-state index < -0.39 is 30.2 Å². The number of aromatic nitrogens is 2. The number of carbonyl (C=O) groups is 1. The number of nitrogens with one attached hydrogen (secondary N) is 1. The molecule has 14 atom stereocenters. The lowest BCUT2D eigenvalue weighted by atomic mass is 9.41. The van der Waals surface area contributed by atoms with Gasteiger partial charge in [-0.25, -0.2) is 4.98 Å². The quantitative estimate of drug-likeness (QED) is 0.359. The number of hydrogen-bond donors (Lipinski definition) is 4. The first-order chi connectivity index (χ1) is 22.5. The number of amides is 1. The zero-order valence-corrected chi connectivity index (χ0v) is 30.1. The van der Waals surface area contributed by atoms with Crippen LogP contribution in [0.15, 0.2) is 12.5 Å². The van der Waals surface area contributed by atoms with Gasteiger partial charge in [0.15, 0.2) is 6.29 Å². The van der Waals surface area contributed by atoms with Crippen molar-refractivity contribution in [3.8, 4) is 0 Å². The summed E-state index contributed by atoms with van der Waals surface area (Å²) in [6, 6.07) is 0. The van der Waals surface area contributed by atoms with Gasteiger partial charge in [0, 0.05) is 12.0 Å². The van der Waals surface area contributed by atoms with E-state index in [0.29, 0.717) is 43.6 Å². The molecule has 2 spiro atoms. The first kappa shape index (κ1) is 33.6. The summed E-state index contributed by atoms with van der Waals surface area (Å²) >= 11 is 0. The molecule has 14 unspecified atom stereocenters. The van der Waals surface area contributed by atoms with Gasteiger partial charge in [-0.15, -0.1) is 0 Å². The van der Waals surface area contributed by atoms with Gasteiger partial charge in [-0.2, -0.15) is 0 Å². The Labute approximate surface area is 285 Å². The van der Waals surface area contributed by atoms with E-state index in [1.165, 1.54) is 19.2 Å². The number of aliphatic hydroxyl groups excluding tert-OH is 2. The number of rotatable bonds is 5. The van der Waals surface area contributed by atoms with Crippen LogP contribution in [0.25, 0.3) is 0 Å². The van der Waals surface area contributed by atoms with Crippen molar-refractivity contribution in [1.82, 2.24) is 14.9 Å². The lowest BCUT2D eigenvalue weighted by Gasteiger charge is -2.64. The highest BCUT2D eigenvalue weighted by Crippen LogP contribution is 2.89. The summed E-state index contributed by atoms with van der Waals surface area (Å²) in [6.07, 6.45) is 8.85. The molecule has 4 N–H and O–H groups in total. The monoisotopic (exact) mass is 669 g/mol. The highest BCUT2D eigenvalue weighted by Gasteiger charge is 2.84. The van der Waals surface area contributed by atoms with Crippen LogP contribution in [0.1, 0.15) is 110 Å². The second kappa shape index (κ2) is 10.7. The molecule has 2 aliphatic heterocycles. The van der Waals surface area contributed by atoms with Crippen LogP contribution in [0.5, 0.6) is 0 Å². The number of nitrogens with zero attached hydrogens (tertiary/aromatic N) is 2. The Morgan fingerprint density at radius 3 is 2.56 bits per heavy atom. The first-order valence-electron chi connectivity index (χ1n) is 18.8. The van der Waals surface area contributed by atoms with Gasteiger partial charge >= 0.3 is 0 Å². The van der Waals surface area contributed by atoms with Crippen molar-refractivity contribution >= 4 is 5.91 Å². The number of ether oxygens (including phenoxy) is 3. The van der Waals surface area contributed by atoms with E-state index >= 15 is 0 Å². The van der Waals surface area contributed by atoms with E-state index in [1.54, 1.807) is 20.0 Å². The molecule has 5 saturated carbocycles. The summed E-state index contributed by atoms with van der Waals surface area (Å²) in [4.78, 5) is 21.8. The van der Waals surface area contributed by atoms with Gasteiger partial charge in [-0.3, -0.25) is 4.79 Å². The normalized spacial score (nSPS) is 50.0. The maximum atomic E-state index is 13.0. The summed E-state index contributed by atoms with van der Waals surface area (Å²) in [5, 5.41) is 34.1. The SMILES string of the molecule is CC1CC(C(O)C(C)(C)O)OC2C1C1(C)CCC34CC35CCC(OC3CN(C(=O)c6cnc[nH]6)CCO3)C(C)(C)C5CCC4C1(C)C2O. The molecular weight excluding hydrogens is 610 g/mol. The van der Waals surface area contributed by atoms with Gasteiger partial charge in [0.2, 0.25) is 0 Å². The average Bonchev–Trinajstić information content (AvgIpc) is 3.29. The Morgan fingerprint density at radius 1 is 1.12 bits per heavy atom. The smallest absolute Gasteiger partial charge is 0.272 e. The molecule has 10 nitrogen and oxygen atoms in total. The van der Waals surface area contributed by atoms with Crippen molar-refractivity contribution in [2.24, 2.45) is 50.7 Å². The van der Waals surface area contributed by atoms with Crippen molar-refractivity contribution in [3.05, 3.63) is 18.2 Å². The zero-order chi connectivity index (χ0) is 34.2. The Balaban J connectivity index is 1.01. The summed E-state index contributed by atoms with van der Waals surface area (Å²) in [7, 11) is 0. The fourth-order valence-corrected chi connectivity index (χ4v) is 13.8. The van der Waals surface area contributed by atoms with Crippen molar-refractivity contribution < 1.29 is 34.3 Å². The second-order valence-electron chi connectivity index (χ2n) is 18.8. The third-order valence-electron chi connectivity index (χ3n) is 16.2. The fraction of sp³-hybridized carbons (Fsp3) is 0.895. The topological polar surface area (TPSA) is 137 Å². The van der Waals surface area contributed by atoms with E-state index in [-0.39, 0.29) is 57.0 Å². The lowest BCUT2D eigenvalue weighted by Crippen LogP contribution is -2.60. The van der Waals surface area contributed by atoms with Crippen LogP contribution >= 0.6 is 0 Å². The molecule has 1 aromatic rings. The average molecular weight is 670 g/mol. The van der Waals surface area contributed by atoms with Gasteiger partial charge in [0.1, 0.15) is 11.8 Å². The fourth-order valence-electron chi connectivity index (χ4n) is 13.8. The molecule has 268 valence electrons. The molecule has 0 bridgehead atoms. The number of aliphatic hydroxyl groups is 3. The van der Waals surface area contributed by atoms with Crippen LogP contribution < -0.4 is 0 Å². The highest BCUT2D eigenvalue weighted by atomic mass is 16.7. The standard InChI is InChI=1S/C38H59N3O7/c1-21-16-23(30(42)34(4,5)45)47-29-28(21)35(6)12-13-38-19-37(38)11-10-26(33(2,3)24(37)8-9-25(38)36(35,7)31(29)43)48-27-18-41(14-15-46-27)32(44)22-17-39-20-40-22/h17,20-21,23-31,42-43,45H,8-16,18-19H2,1-7H3,(H,39,40). The first-order valence-corrected chi connectivity index (χ1v) is 18.8. The molecule has 3 heterocycles. The molecule has 5 aliphatic carbocycles. The number of carbonyl (C=O) groups excluding carboxylic acids is 1. The van der Waals surface area contributed by atoms with Crippen LogP contribution in [0, 0.1) is 50.7 Å². The highest BCUT2D eigenvalue weighted by molar-refractivity contribution is 5.92. The minimum absolute atomic E-state index is 0.0479. The number of fused-ring (bicyclic) bond motifs is 4. The number of aromatic amines is 1. The molecule has 0 radical (unpaired) electrons. The van der Waals surface area contributed by atoms with Crippen molar-refractivity contribution in [1.29, 1.82) is 0 Å². The van der Waals surface area contributed by atoms with E-state index in [4.69, 9.17) is 14.2 Å². The molecule has 7 aliphatic rings. The number of hydrogen-bond acceptors (Lipinski definition) is 8. The summed E-state index contributed by atoms with van der Waals surface area (Å²) in [5.41, 5.74) is -0.669. The molecule has 0 aromatic carbocycles. The molecule has 48 heavy (non-hydrogen) atoms. The number of morpholine rings is 1. The maximum Gasteiger partial charge on any atom is 0.272 e. The van der Waals surface area contributed by atoms with Gasteiger partial charge in [0.25, 0.3) is 5.91 Å². The third kappa shape index (κ3) is 4.31. The van der Waals surface area contributed by atoms with Crippen LogP contribution in [-0.4, -0.2) is 98.2 Å². The van der Waals surface area contributed by atoms with Gasteiger partial charge < -0.3 is 39.4 Å². The van der Waals surface area contributed by atoms with Crippen molar-refractivity contribution in [3.63, 3.8) is 0 Å². The predicted molar refractivity (Wildman–Crippen MR) is 178 cm³/mol. The van der Waals surface area contributed by atoms with Crippen LogP contribution in [-0.2, 0) is 14.2 Å². The van der Waals surface area contributed by atoms with E-state index in [2.05, 4.69) is 44.6 Å². The van der Waals surface area contributed by atoms with E-state index in [1.807, 2.05) is 4.90 Å². The third-order valence-corrected chi connectivity index (χ3v) is 16.2. The summed E-state index contributed by atoms with van der Waals surface area (Å²) in [5.74, 6) is 1.39. The Kier molecular flexibility index (Phi) is 7.51. The Bertz CT molecular complexity index is 1410. The van der Waals surface area contributed by atoms with Crippen LogP contribution in [0.3, 0.4) is 0 Å². The second-order valence-corrected chi connectivity index (χ2v) is 18.8. The maximum absolute atomic E-state index is 13.0. The summed E-state index contributed by atoms with van der Waals surface area (Å²) in [6.45, 7) is 16.6. The lowest BCUT2D eigenvalue weighted by molar-refractivity contribution is -0.245. The van der Waals surface area contributed by atoms with Crippen molar-refractivity contribution in [2.45, 2.75) is 142 Å². The number of imidazole rings is 1. The van der Waals surface area contributed by atoms with Crippen LogP contribution in [0.2, 0.25) is 0 Å². The number of H-pyrrole nitrogens is 1. The molecular formula is C38H59N3O7. The molecule has 1 aromatic heterocycles. The zero-order valence-electron chi connectivity index (χ0n) is 30.1. The molecule has 10 heteroatoms. The van der Waals surface area contributed by atoms with Gasteiger partial charge in [0.05, 0.1) is 55.7 Å². The molecule has 7 fully saturated rings. The van der Waals surface area contributed by atoms with Gasteiger partial charge in [-0.1, -0.05) is 34.6 Å². The minimum atomic E-state index is -1.26. The van der Waals surface area contributed by atoms with E-state index in [0.717, 1.165) is 32.1 Å². The Hall–Kier alpha value is -1.56.